The van der Waals surface area contributed by atoms with E-state index in [0.717, 1.165) is 12.0 Å². The van der Waals surface area contributed by atoms with Crippen LogP contribution >= 0.6 is 0 Å². The number of nitrogens with two attached hydrogens (primary N) is 1. The number of carbonyl (C=O) groups is 1. The Morgan fingerprint density at radius 3 is 3.00 bits per heavy atom. The lowest BCUT2D eigenvalue weighted by Crippen LogP contribution is -2.01. The predicted molar refractivity (Wildman–Crippen MR) is 48.2 cm³/mol. The van der Waals surface area contributed by atoms with Crippen LogP contribution in [0.4, 0.5) is 0 Å². The van der Waals surface area contributed by atoms with Gasteiger partial charge in [-0.3, -0.25) is 4.79 Å². The summed E-state index contributed by atoms with van der Waals surface area (Å²) in [6.45, 7) is 2.48. The number of hydrogen-bond donors (Lipinski definition) is 2. The number of aromatic amines is 1. The van der Waals surface area contributed by atoms with Gasteiger partial charge in [0.05, 0.1) is 5.69 Å². The van der Waals surface area contributed by atoms with E-state index in [0.29, 0.717) is 18.7 Å². The molecule has 1 aromatic rings. The second kappa shape index (κ2) is 4.07. The van der Waals surface area contributed by atoms with E-state index >= 15 is 0 Å². The molecule has 3 heteroatoms. The maximum atomic E-state index is 11.2. The highest BCUT2D eigenvalue weighted by atomic mass is 16.1. The molecule has 0 saturated carbocycles. The number of rotatable bonds is 4. The van der Waals surface area contributed by atoms with Crippen molar-refractivity contribution in [1.82, 2.24) is 4.98 Å². The number of Topliss-reactive ketones (excluding diaryl/α,β-unsaturated/α-hetero) is 1. The molecule has 3 nitrogen and oxygen atoms in total. The van der Waals surface area contributed by atoms with Gasteiger partial charge >= 0.3 is 0 Å². The summed E-state index contributed by atoms with van der Waals surface area (Å²) in [5, 5.41) is 0. The molecule has 0 atom stereocenters. The van der Waals surface area contributed by atoms with Crippen LogP contribution in [0.1, 0.15) is 29.4 Å². The molecule has 0 saturated heterocycles. The Hall–Kier alpha value is -1.09. The smallest absolute Gasteiger partial charge is 0.178 e. The van der Waals surface area contributed by atoms with Gasteiger partial charge in [0.1, 0.15) is 0 Å². The highest BCUT2D eigenvalue weighted by molar-refractivity contribution is 5.94. The monoisotopic (exact) mass is 166 g/mol. The Morgan fingerprint density at radius 1 is 1.67 bits per heavy atom. The van der Waals surface area contributed by atoms with Crippen molar-refractivity contribution in [3.05, 3.63) is 23.5 Å². The number of carbonyl (C=O) groups excluding carboxylic acids is 1. The summed E-state index contributed by atoms with van der Waals surface area (Å²) in [4.78, 5) is 14.1. The second-order valence-electron chi connectivity index (χ2n) is 2.74. The minimum atomic E-state index is 0.151. The van der Waals surface area contributed by atoms with Crippen LogP contribution < -0.4 is 5.73 Å². The standard InChI is InChI=1S/C9H14N2O/c1-2-9(12)8-5-7(3-4-10)6-11-8/h5-6,11H,2-4,10H2,1H3. The van der Waals surface area contributed by atoms with Crippen molar-refractivity contribution < 1.29 is 4.79 Å². The molecular formula is C9H14N2O. The van der Waals surface area contributed by atoms with Crippen LogP contribution in [-0.4, -0.2) is 17.3 Å². The molecule has 0 radical (unpaired) electrons. The van der Waals surface area contributed by atoms with Crippen molar-refractivity contribution in [2.75, 3.05) is 6.54 Å². The van der Waals surface area contributed by atoms with Crippen molar-refractivity contribution in [3.63, 3.8) is 0 Å². The predicted octanol–water partition coefficient (Wildman–Crippen LogP) is 1.11. The van der Waals surface area contributed by atoms with Crippen LogP contribution in [0.25, 0.3) is 0 Å². The van der Waals surface area contributed by atoms with Gasteiger partial charge in [0.2, 0.25) is 0 Å². The molecule has 0 fully saturated rings. The molecule has 1 heterocycles. The SMILES string of the molecule is CCC(=O)c1cc(CCN)c[nH]1. The third kappa shape index (κ3) is 1.95. The van der Waals surface area contributed by atoms with Crippen molar-refractivity contribution in [2.24, 2.45) is 5.73 Å². The van der Waals surface area contributed by atoms with Gasteiger partial charge in [0, 0.05) is 12.6 Å². The van der Waals surface area contributed by atoms with Gasteiger partial charge in [-0.2, -0.15) is 0 Å². The zero-order chi connectivity index (χ0) is 8.97. The lowest BCUT2D eigenvalue weighted by Gasteiger charge is -1.90. The molecule has 0 unspecified atom stereocenters. The summed E-state index contributed by atoms with van der Waals surface area (Å²) in [6.07, 6.45) is 3.21. The van der Waals surface area contributed by atoms with E-state index in [1.54, 1.807) is 0 Å². The molecule has 0 spiro atoms. The van der Waals surface area contributed by atoms with E-state index < -0.39 is 0 Å². The van der Waals surface area contributed by atoms with Gasteiger partial charge < -0.3 is 10.7 Å². The first kappa shape index (κ1) is 9.00. The summed E-state index contributed by atoms with van der Waals surface area (Å²) in [7, 11) is 0. The quantitative estimate of drug-likeness (QED) is 0.658. The first-order valence-corrected chi connectivity index (χ1v) is 4.18. The van der Waals surface area contributed by atoms with Crippen molar-refractivity contribution >= 4 is 5.78 Å². The average molecular weight is 166 g/mol. The van der Waals surface area contributed by atoms with Gasteiger partial charge in [-0.25, -0.2) is 0 Å². The molecule has 12 heavy (non-hydrogen) atoms. The molecule has 0 aromatic carbocycles. The number of ketones is 1. The maximum Gasteiger partial charge on any atom is 0.178 e. The summed E-state index contributed by atoms with van der Waals surface area (Å²) in [6, 6.07) is 1.87. The fourth-order valence-electron chi connectivity index (χ4n) is 1.10. The normalized spacial score (nSPS) is 10.2. The largest absolute Gasteiger partial charge is 0.359 e. The average Bonchev–Trinajstić information content (AvgIpc) is 2.52. The minimum Gasteiger partial charge on any atom is -0.359 e. The summed E-state index contributed by atoms with van der Waals surface area (Å²) in [5.74, 6) is 0.151. The summed E-state index contributed by atoms with van der Waals surface area (Å²) >= 11 is 0. The summed E-state index contributed by atoms with van der Waals surface area (Å²) < 4.78 is 0. The zero-order valence-electron chi connectivity index (χ0n) is 7.26. The molecule has 1 aromatic heterocycles. The molecule has 1 rings (SSSR count). The number of nitrogens with one attached hydrogen (secondary N) is 1. The Kier molecular flexibility index (Phi) is 3.05. The third-order valence-corrected chi connectivity index (χ3v) is 1.80. The van der Waals surface area contributed by atoms with Gasteiger partial charge in [0.15, 0.2) is 5.78 Å². The topological polar surface area (TPSA) is 58.9 Å². The third-order valence-electron chi connectivity index (χ3n) is 1.80. The van der Waals surface area contributed by atoms with Gasteiger partial charge in [0.25, 0.3) is 0 Å². The Balaban J connectivity index is 2.70. The van der Waals surface area contributed by atoms with Crippen LogP contribution in [-0.2, 0) is 6.42 Å². The highest BCUT2D eigenvalue weighted by Crippen LogP contribution is 2.05. The lowest BCUT2D eigenvalue weighted by atomic mass is 10.2. The molecule has 66 valence electrons. The molecule has 0 amide bonds. The highest BCUT2D eigenvalue weighted by Gasteiger charge is 2.04. The number of aromatic nitrogens is 1. The van der Waals surface area contributed by atoms with Gasteiger partial charge in [-0.1, -0.05) is 6.92 Å². The summed E-state index contributed by atoms with van der Waals surface area (Å²) in [5.41, 5.74) is 7.18. The number of H-pyrrole nitrogens is 1. The van der Waals surface area contributed by atoms with Crippen LogP contribution in [0.3, 0.4) is 0 Å². The van der Waals surface area contributed by atoms with Crippen LogP contribution in [0.5, 0.6) is 0 Å². The molecule has 0 aliphatic heterocycles. The van der Waals surface area contributed by atoms with E-state index in [9.17, 15) is 4.79 Å². The van der Waals surface area contributed by atoms with E-state index in [4.69, 9.17) is 5.73 Å². The maximum absolute atomic E-state index is 11.2. The van der Waals surface area contributed by atoms with Crippen LogP contribution in [0.15, 0.2) is 12.3 Å². The van der Waals surface area contributed by atoms with Crippen molar-refractivity contribution in [2.45, 2.75) is 19.8 Å². The molecule has 3 N–H and O–H groups in total. The fraction of sp³-hybridized carbons (Fsp3) is 0.444. The minimum absolute atomic E-state index is 0.151. The zero-order valence-corrected chi connectivity index (χ0v) is 7.26. The van der Waals surface area contributed by atoms with Crippen LogP contribution in [0, 0.1) is 0 Å². The van der Waals surface area contributed by atoms with E-state index in [2.05, 4.69) is 4.98 Å². The van der Waals surface area contributed by atoms with Crippen LogP contribution in [0.2, 0.25) is 0 Å². The van der Waals surface area contributed by atoms with E-state index in [1.807, 2.05) is 19.2 Å². The van der Waals surface area contributed by atoms with Gasteiger partial charge in [-0.05, 0) is 24.6 Å². The Morgan fingerprint density at radius 2 is 2.42 bits per heavy atom. The molecule has 0 aliphatic rings. The van der Waals surface area contributed by atoms with Gasteiger partial charge in [-0.15, -0.1) is 0 Å². The molecule has 0 aliphatic carbocycles. The lowest BCUT2D eigenvalue weighted by molar-refractivity contribution is 0.0984. The Bertz CT molecular complexity index is 265. The Labute approximate surface area is 72.0 Å². The second-order valence-corrected chi connectivity index (χ2v) is 2.74. The number of hydrogen-bond acceptors (Lipinski definition) is 2. The fourth-order valence-corrected chi connectivity index (χ4v) is 1.10. The van der Waals surface area contributed by atoms with E-state index in [1.165, 1.54) is 0 Å². The molecular weight excluding hydrogens is 152 g/mol. The first-order valence-electron chi connectivity index (χ1n) is 4.18. The van der Waals surface area contributed by atoms with Crippen molar-refractivity contribution in [3.8, 4) is 0 Å². The first-order chi connectivity index (χ1) is 5.77. The van der Waals surface area contributed by atoms with Crippen molar-refractivity contribution in [1.29, 1.82) is 0 Å². The van der Waals surface area contributed by atoms with E-state index in [-0.39, 0.29) is 5.78 Å². The molecule has 0 bridgehead atoms.